The van der Waals surface area contributed by atoms with Crippen LogP contribution < -0.4 is 11.1 Å². The van der Waals surface area contributed by atoms with E-state index < -0.39 is 11.5 Å². The van der Waals surface area contributed by atoms with Gasteiger partial charge in [0.05, 0.1) is 30.6 Å². The van der Waals surface area contributed by atoms with Gasteiger partial charge in [-0.15, -0.1) is 24.8 Å². The molecule has 0 fully saturated rings. The van der Waals surface area contributed by atoms with Crippen LogP contribution in [0.15, 0.2) is 42.9 Å². The van der Waals surface area contributed by atoms with Crippen molar-refractivity contribution < 1.29 is 14.3 Å². The first-order valence-corrected chi connectivity index (χ1v) is 8.48. The predicted molar refractivity (Wildman–Crippen MR) is 113 cm³/mol. The molecule has 1 heterocycles. The van der Waals surface area contributed by atoms with Gasteiger partial charge in [-0.3, -0.25) is 9.59 Å². The lowest BCUT2D eigenvalue weighted by Gasteiger charge is -2.22. The number of halogens is 2. The Morgan fingerprint density at radius 1 is 1.25 bits per heavy atom. The Bertz CT molecular complexity index is 751. The van der Waals surface area contributed by atoms with Crippen molar-refractivity contribution in [2.45, 2.75) is 32.9 Å². The van der Waals surface area contributed by atoms with Crippen molar-refractivity contribution in [3.05, 3.63) is 54.1 Å². The second-order valence-electron chi connectivity index (χ2n) is 6.93. The number of amides is 1. The summed E-state index contributed by atoms with van der Waals surface area (Å²) >= 11 is 0. The Balaban J connectivity index is 0.00000364. The third kappa shape index (κ3) is 7.50. The zero-order valence-electron chi connectivity index (χ0n) is 16.3. The van der Waals surface area contributed by atoms with Gasteiger partial charge in [-0.05, 0) is 19.4 Å². The van der Waals surface area contributed by atoms with E-state index >= 15 is 0 Å². The third-order valence-electron chi connectivity index (χ3n) is 4.10. The number of nitrogens with two attached hydrogens (primary N) is 1. The summed E-state index contributed by atoms with van der Waals surface area (Å²) in [5.74, 6) is -0.703. The van der Waals surface area contributed by atoms with E-state index in [2.05, 4.69) is 10.3 Å². The molecule has 28 heavy (non-hydrogen) atoms. The van der Waals surface area contributed by atoms with Gasteiger partial charge in [-0.25, -0.2) is 4.98 Å². The molecule has 2 aromatic rings. The fraction of sp³-hybridized carbons (Fsp3) is 0.421. The van der Waals surface area contributed by atoms with Crippen LogP contribution in [0, 0.1) is 5.41 Å². The molecule has 9 heteroatoms. The van der Waals surface area contributed by atoms with Gasteiger partial charge in [0, 0.05) is 25.7 Å². The maximum Gasteiger partial charge on any atom is 0.313 e. The van der Waals surface area contributed by atoms with Crippen LogP contribution in [0.2, 0.25) is 0 Å². The van der Waals surface area contributed by atoms with Crippen molar-refractivity contribution >= 4 is 36.7 Å². The zero-order valence-corrected chi connectivity index (χ0v) is 17.9. The molecule has 0 aliphatic rings. The van der Waals surface area contributed by atoms with Gasteiger partial charge < -0.3 is 20.4 Å². The molecule has 1 aromatic heterocycles. The molecular formula is C19H28Cl2N4O3. The van der Waals surface area contributed by atoms with Crippen LogP contribution in [-0.2, 0) is 27.3 Å². The summed E-state index contributed by atoms with van der Waals surface area (Å²) in [4.78, 5) is 28.1. The molecule has 1 amide bonds. The molecule has 0 aliphatic heterocycles. The fourth-order valence-corrected chi connectivity index (χ4v) is 2.50. The minimum absolute atomic E-state index is 0. The molecule has 1 atom stereocenters. The summed E-state index contributed by atoms with van der Waals surface area (Å²) in [7, 11) is 1.32. The van der Waals surface area contributed by atoms with Gasteiger partial charge in [0.2, 0.25) is 5.91 Å². The highest BCUT2D eigenvalue weighted by atomic mass is 35.5. The lowest BCUT2D eigenvalue weighted by molar-refractivity contribution is -0.150. The molecular weight excluding hydrogens is 403 g/mol. The minimum Gasteiger partial charge on any atom is -0.469 e. The van der Waals surface area contributed by atoms with Crippen LogP contribution in [-0.4, -0.2) is 41.1 Å². The predicted octanol–water partition coefficient (Wildman–Crippen LogP) is 1.96. The zero-order chi connectivity index (χ0) is 19.2. The molecule has 3 N–H and O–H groups in total. The highest BCUT2D eigenvalue weighted by molar-refractivity contribution is 5.85. The normalized spacial score (nSPS) is 11.6. The van der Waals surface area contributed by atoms with Gasteiger partial charge >= 0.3 is 5.97 Å². The number of nitrogens with one attached hydrogen (secondary N) is 1. The van der Waals surface area contributed by atoms with E-state index in [9.17, 15) is 9.59 Å². The minimum atomic E-state index is -0.804. The van der Waals surface area contributed by atoms with Crippen molar-refractivity contribution in [1.29, 1.82) is 0 Å². The standard InChI is InChI=1S/C19H26N4O3.2ClH/c1-19(2,18(25)26-3)12-21-17(24)16(20)9-15-11-23(13-22-15)10-14-7-5-4-6-8-14;;/h4-8,11,13,16H,9-10,12,20H2,1-3H3,(H,21,24);2*1H/t16-;;/m0../s1. The summed E-state index contributed by atoms with van der Waals surface area (Å²) in [6, 6.07) is 9.31. The molecule has 156 valence electrons. The van der Waals surface area contributed by atoms with Crippen molar-refractivity contribution in [3.8, 4) is 0 Å². The summed E-state index contributed by atoms with van der Waals surface area (Å²) in [5.41, 5.74) is 7.08. The molecule has 7 nitrogen and oxygen atoms in total. The van der Waals surface area contributed by atoms with E-state index in [4.69, 9.17) is 10.5 Å². The number of benzene rings is 1. The highest BCUT2D eigenvalue weighted by Gasteiger charge is 2.30. The molecule has 0 unspecified atom stereocenters. The van der Waals surface area contributed by atoms with Crippen molar-refractivity contribution in [3.63, 3.8) is 0 Å². The lowest BCUT2D eigenvalue weighted by atomic mass is 9.93. The van der Waals surface area contributed by atoms with Crippen LogP contribution in [0.25, 0.3) is 0 Å². The number of nitrogens with zero attached hydrogens (tertiary/aromatic N) is 2. The maximum atomic E-state index is 12.2. The van der Waals surface area contributed by atoms with Crippen molar-refractivity contribution in [1.82, 2.24) is 14.9 Å². The largest absolute Gasteiger partial charge is 0.469 e. The quantitative estimate of drug-likeness (QED) is 0.623. The summed E-state index contributed by atoms with van der Waals surface area (Å²) in [6.45, 7) is 4.28. The van der Waals surface area contributed by atoms with Gasteiger partial charge in [0.15, 0.2) is 0 Å². The number of rotatable bonds is 8. The molecule has 0 saturated carbocycles. The maximum absolute atomic E-state index is 12.2. The van der Waals surface area contributed by atoms with Crippen LogP contribution in [0.4, 0.5) is 0 Å². The lowest BCUT2D eigenvalue weighted by Crippen LogP contribution is -2.47. The van der Waals surface area contributed by atoms with E-state index in [0.29, 0.717) is 13.0 Å². The fourth-order valence-electron chi connectivity index (χ4n) is 2.50. The highest BCUT2D eigenvalue weighted by Crippen LogP contribution is 2.15. The van der Waals surface area contributed by atoms with Crippen molar-refractivity contribution in [2.75, 3.05) is 13.7 Å². The van der Waals surface area contributed by atoms with Crippen molar-refractivity contribution in [2.24, 2.45) is 11.1 Å². The summed E-state index contributed by atoms with van der Waals surface area (Å²) < 4.78 is 6.67. The Labute approximate surface area is 177 Å². The Hall–Kier alpha value is -2.09. The van der Waals surface area contributed by atoms with Crippen LogP contribution in [0.3, 0.4) is 0 Å². The smallest absolute Gasteiger partial charge is 0.313 e. The van der Waals surface area contributed by atoms with Gasteiger partial charge in [0.1, 0.15) is 0 Å². The molecule has 0 radical (unpaired) electrons. The first kappa shape index (κ1) is 25.9. The number of carbonyl (C=O) groups excluding carboxylic acids is 2. The molecule has 0 aliphatic carbocycles. The van der Waals surface area contributed by atoms with Gasteiger partial charge in [0.25, 0.3) is 0 Å². The molecule has 0 spiro atoms. The van der Waals surface area contributed by atoms with Crippen LogP contribution in [0.5, 0.6) is 0 Å². The van der Waals surface area contributed by atoms with E-state index in [1.54, 1.807) is 20.2 Å². The average Bonchev–Trinajstić information content (AvgIpc) is 3.06. The number of hydrogen-bond donors (Lipinski definition) is 2. The first-order valence-electron chi connectivity index (χ1n) is 8.48. The van der Waals surface area contributed by atoms with Gasteiger partial charge in [-0.2, -0.15) is 0 Å². The first-order chi connectivity index (χ1) is 12.3. The molecule has 2 rings (SSSR count). The number of carbonyl (C=O) groups is 2. The van der Waals surface area contributed by atoms with E-state index in [-0.39, 0.29) is 43.2 Å². The average molecular weight is 431 g/mol. The molecule has 0 bridgehead atoms. The number of aromatic nitrogens is 2. The Morgan fingerprint density at radius 2 is 1.89 bits per heavy atom. The number of imidazole rings is 1. The second-order valence-corrected chi connectivity index (χ2v) is 6.93. The molecule has 0 saturated heterocycles. The SMILES string of the molecule is COC(=O)C(C)(C)CNC(=O)[C@@H](N)Cc1cn(Cc2ccccc2)cn1.Cl.Cl. The molecule has 1 aromatic carbocycles. The van der Waals surface area contributed by atoms with E-state index in [1.807, 2.05) is 41.1 Å². The Morgan fingerprint density at radius 3 is 2.50 bits per heavy atom. The summed E-state index contributed by atoms with van der Waals surface area (Å²) in [6.07, 6.45) is 3.94. The number of methoxy groups -OCH3 is 1. The Kier molecular flexibility index (Phi) is 10.8. The summed E-state index contributed by atoms with van der Waals surface area (Å²) in [5, 5.41) is 2.71. The number of hydrogen-bond acceptors (Lipinski definition) is 5. The number of esters is 1. The van der Waals surface area contributed by atoms with Crippen LogP contribution >= 0.6 is 24.8 Å². The second kappa shape index (κ2) is 11.7. The van der Waals surface area contributed by atoms with E-state index in [0.717, 1.165) is 5.69 Å². The topological polar surface area (TPSA) is 99.2 Å². The van der Waals surface area contributed by atoms with E-state index in [1.165, 1.54) is 12.7 Å². The third-order valence-corrected chi connectivity index (χ3v) is 4.10. The monoisotopic (exact) mass is 430 g/mol. The number of ether oxygens (including phenoxy) is 1. The van der Waals surface area contributed by atoms with Gasteiger partial charge in [-0.1, -0.05) is 30.3 Å². The van der Waals surface area contributed by atoms with Crippen LogP contribution in [0.1, 0.15) is 25.1 Å².